The molecule has 0 radical (unpaired) electrons. The van der Waals surface area contributed by atoms with E-state index >= 15 is 0 Å². The molecule has 0 atom stereocenters. The van der Waals surface area contributed by atoms with Crippen LogP contribution < -0.4 is 11.2 Å². The van der Waals surface area contributed by atoms with Gasteiger partial charge in [0.25, 0.3) is 0 Å². The predicted octanol–water partition coefficient (Wildman–Crippen LogP) is -1.16. The van der Waals surface area contributed by atoms with Gasteiger partial charge in [0.15, 0.2) is 0 Å². The Kier molecular flexibility index (Phi) is 4.38. The molecule has 0 aromatic rings. The maximum Gasteiger partial charge on any atom is 0.208 e. The van der Waals surface area contributed by atoms with Crippen LogP contribution in [0.1, 0.15) is 6.42 Å². The molecule has 0 amide bonds. The Balaban J connectivity index is 1.54. The lowest BCUT2D eigenvalue weighted by molar-refractivity contribution is 0.0376. The van der Waals surface area contributed by atoms with E-state index in [0.29, 0.717) is 0 Å². The molecule has 0 aromatic heterocycles. The molecule has 2 rings (SSSR count). The van der Waals surface area contributed by atoms with Crippen molar-refractivity contribution in [3.63, 3.8) is 0 Å². The minimum Gasteiger partial charge on any atom is -0.379 e. The van der Waals surface area contributed by atoms with Gasteiger partial charge < -0.3 is 10.1 Å². The number of nitrogens with two attached hydrogens (primary N) is 1. The van der Waals surface area contributed by atoms with Crippen LogP contribution in [0.3, 0.4) is 0 Å². The minimum atomic E-state index is 0.808. The van der Waals surface area contributed by atoms with Gasteiger partial charge in [-0.1, -0.05) is 0 Å². The number of guanidine groups is 1. The van der Waals surface area contributed by atoms with E-state index in [1.54, 1.807) is 5.01 Å². The summed E-state index contributed by atoms with van der Waals surface area (Å²) in [6.45, 7) is 7.55. The van der Waals surface area contributed by atoms with E-state index in [-0.39, 0.29) is 0 Å². The van der Waals surface area contributed by atoms with Crippen molar-refractivity contribution in [3.05, 3.63) is 0 Å². The van der Waals surface area contributed by atoms with Crippen molar-refractivity contribution in [1.29, 1.82) is 0 Å². The highest BCUT2D eigenvalue weighted by Crippen LogP contribution is 1.98. The number of nitrogens with zero attached hydrogens (tertiary/aromatic N) is 3. The highest BCUT2D eigenvalue weighted by atomic mass is 16.5. The van der Waals surface area contributed by atoms with Gasteiger partial charge in [-0.2, -0.15) is 0 Å². The summed E-state index contributed by atoms with van der Waals surface area (Å²) in [5.74, 6) is 6.55. The van der Waals surface area contributed by atoms with E-state index in [2.05, 4.69) is 15.2 Å². The highest BCUT2D eigenvalue weighted by molar-refractivity contribution is 5.80. The lowest BCUT2D eigenvalue weighted by Gasteiger charge is -2.26. The van der Waals surface area contributed by atoms with Crippen LogP contribution in [0.15, 0.2) is 4.99 Å². The van der Waals surface area contributed by atoms with E-state index in [9.17, 15) is 0 Å². The van der Waals surface area contributed by atoms with E-state index < -0.39 is 0 Å². The van der Waals surface area contributed by atoms with E-state index in [1.807, 2.05) is 0 Å². The zero-order chi connectivity index (χ0) is 11.2. The van der Waals surface area contributed by atoms with Gasteiger partial charge in [-0.15, -0.1) is 0 Å². The Morgan fingerprint density at radius 2 is 2.12 bits per heavy atom. The lowest BCUT2D eigenvalue weighted by atomic mass is 10.3. The minimum absolute atomic E-state index is 0.808. The van der Waals surface area contributed by atoms with Gasteiger partial charge in [0.1, 0.15) is 0 Å². The third-order valence-corrected chi connectivity index (χ3v) is 2.91. The van der Waals surface area contributed by atoms with Crippen LogP contribution >= 0.6 is 0 Å². The Morgan fingerprint density at radius 1 is 1.31 bits per heavy atom. The summed E-state index contributed by atoms with van der Waals surface area (Å²) in [4.78, 5) is 6.71. The molecule has 6 heteroatoms. The van der Waals surface area contributed by atoms with Crippen LogP contribution in [0.2, 0.25) is 0 Å². The van der Waals surface area contributed by atoms with Crippen molar-refractivity contribution in [2.75, 3.05) is 52.5 Å². The standard InChI is InChI=1S/C10H21N5O/c11-15-5-3-13-10(15)12-2-1-4-14-6-8-16-9-7-14/h1-9,11H2,(H,12,13). The van der Waals surface area contributed by atoms with Gasteiger partial charge in [-0.05, 0) is 13.0 Å². The van der Waals surface area contributed by atoms with Crippen molar-refractivity contribution >= 4 is 5.96 Å². The molecule has 2 aliphatic rings. The summed E-state index contributed by atoms with van der Waals surface area (Å²) < 4.78 is 5.30. The molecule has 0 spiro atoms. The number of hydrogen-bond acceptors (Lipinski definition) is 6. The quantitative estimate of drug-likeness (QED) is 0.469. The summed E-state index contributed by atoms with van der Waals surface area (Å²) in [5, 5.41) is 4.94. The molecule has 92 valence electrons. The summed E-state index contributed by atoms with van der Waals surface area (Å²) >= 11 is 0. The Labute approximate surface area is 96.4 Å². The molecule has 1 fully saturated rings. The first-order valence-corrected chi connectivity index (χ1v) is 5.97. The number of ether oxygens (including phenoxy) is 1. The van der Waals surface area contributed by atoms with Crippen molar-refractivity contribution in [2.45, 2.75) is 6.42 Å². The van der Waals surface area contributed by atoms with Gasteiger partial charge in [0, 0.05) is 19.6 Å². The second kappa shape index (κ2) is 6.03. The average Bonchev–Trinajstić information content (AvgIpc) is 2.72. The Morgan fingerprint density at radius 3 is 2.81 bits per heavy atom. The van der Waals surface area contributed by atoms with Crippen molar-refractivity contribution in [3.8, 4) is 0 Å². The Bertz CT molecular complexity index is 239. The van der Waals surface area contributed by atoms with Crippen LogP contribution in [-0.2, 0) is 4.74 Å². The molecular weight excluding hydrogens is 206 g/mol. The topological polar surface area (TPSA) is 66.1 Å². The molecule has 3 N–H and O–H groups in total. The molecule has 2 aliphatic heterocycles. The second-order valence-corrected chi connectivity index (χ2v) is 4.13. The fourth-order valence-electron chi connectivity index (χ4n) is 1.95. The molecule has 16 heavy (non-hydrogen) atoms. The summed E-state index contributed by atoms with van der Waals surface area (Å²) in [5.41, 5.74) is 0. The van der Waals surface area contributed by atoms with Gasteiger partial charge in [-0.3, -0.25) is 14.9 Å². The monoisotopic (exact) mass is 227 g/mol. The number of hydrazine groups is 1. The van der Waals surface area contributed by atoms with Crippen molar-refractivity contribution < 1.29 is 4.74 Å². The van der Waals surface area contributed by atoms with Crippen LogP contribution in [0.25, 0.3) is 0 Å². The summed E-state index contributed by atoms with van der Waals surface area (Å²) in [6.07, 6.45) is 1.12. The zero-order valence-electron chi connectivity index (χ0n) is 9.69. The zero-order valence-corrected chi connectivity index (χ0v) is 9.69. The number of morpholine rings is 1. The first kappa shape index (κ1) is 11.6. The SMILES string of the molecule is NN1CCN=C1NCCCN1CCOCC1. The molecule has 0 unspecified atom stereocenters. The van der Waals surface area contributed by atoms with Crippen LogP contribution in [-0.4, -0.2) is 68.4 Å². The molecule has 0 aromatic carbocycles. The molecular formula is C10H21N5O. The average molecular weight is 227 g/mol. The van der Waals surface area contributed by atoms with Crippen LogP contribution in [0, 0.1) is 0 Å². The third kappa shape index (κ3) is 3.33. The fraction of sp³-hybridized carbons (Fsp3) is 0.900. The Hall–Kier alpha value is -0.850. The van der Waals surface area contributed by atoms with E-state index in [4.69, 9.17) is 10.6 Å². The fourth-order valence-corrected chi connectivity index (χ4v) is 1.95. The van der Waals surface area contributed by atoms with Crippen molar-refractivity contribution in [1.82, 2.24) is 15.2 Å². The number of rotatable bonds is 4. The van der Waals surface area contributed by atoms with Gasteiger partial charge in [-0.25, -0.2) is 5.84 Å². The molecule has 0 aliphatic carbocycles. The normalized spacial score (nSPS) is 22.3. The van der Waals surface area contributed by atoms with Crippen molar-refractivity contribution in [2.24, 2.45) is 10.8 Å². The number of nitrogens with one attached hydrogen (secondary N) is 1. The molecule has 0 saturated carbocycles. The van der Waals surface area contributed by atoms with Gasteiger partial charge in [0.2, 0.25) is 5.96 Å². The summed E-state index contributed by atoms with van der Waals surface area (Å²) in [7, 11) is 0. The summed E-state index contributed by atoms with van der Waals surface area (Å²) in [6, 6.07) is 0. The second-order valence-electron chi connectivity index (χ2n) is 4.13. The largest absolute Gasteiger partial charge is 0.379 e. The van der Waals surface area contributed by atoms with E-state index in [0.717, 1.165) is 64.9 Å². The maximum atomic E-state index is 5.72. The first-order chi connectivity index (χ1) is 7.86. The van der Waals surface area contributed by atoms with E-state index in [1.165, 1.54) is 0 Å². The first-order valence-electron chi connectivity index (χ1n) is 5.97. The molecule has 1 saturated heterocycles. The molecule has 6 nitrogen and oxygen atoms in total. The smallest absolute Gasteiger partial charge is 0.208 e. The van der Waals surface area contributed by atoms with Crippen LogP contribution in [0.5, 0.6) is 0 Å². The van der Waals surface area contributed by atoms with Gasteiger partial charge in [0.05, 0.1) is 26.3 Å². The predicted molar refractivity (Wildman–Crippen MR) is 63.1 cm³/mol. The molecule has 2 heterocycles. The van der Waals surface area contributed by atoms with Crippen LogP contribution in [0.4, 0.5) is 0 Å². The third-order valence-electron chi connectivity index (χ3n) is 2.91. The number of aliphatic imine (C=N–C) groups is 1. The van der Waals surface area contributed by atoms with Gasteiger partial charge >= 0.3 is 0 Å². The number of hydrogen-bond donors (Lipinski definition) is 2. The highest BCUT2D eigenvalue weighted by Gasteiger charge is 2.12. The lowest BCUT2D eigenvalue weighted by Crippen LogP contribution is -2.44. The maximum absolute atomic E-state index is 5.72. The molecule has 0 bridgehead atoms.